The first kappa shape index (κ1) is 13.4. The number of benzene rings is 2. The van der Waals surface area contributed by atoms with E-state index in [2.05, 4.69) is 0 Å². The van der Waals surface area contributed by atoms with Gasteiger partial charge in [0.15, 0.2) is 0 Å². The molecule has 0 fully saturated rings. The Labute approximate surface area is 111 Å². The zero-order valence-corrected chi connectivity index (χ0v) is 10.8. The first-order valence-corrected chi connectivity index (χ1v) is 6.06. The third kappa shape index (κ3) is 3.23. The van der Waals surface area contributed by atoms with Crippen molar-refractivity contribution in [3.8, 4) is 5.75 Å². The Morgan fingerprint density at radius 2 is 1.89 bits per heavy atom. The molecule has 0 radical (unpaired) electrons. The highest BCUT2D eigenvalue weighted by Crippen LogP contribution is 2.28. The van der Waals surface area contributed by atoms with Gasteiger partial charge in [0, 0.05) is 5.39 Å². The van der Waals surface area contributed by atoms with E-state index in [1.807, 2.05) is 36.4 Å². The van der Waals surface area contributed by atoms with Crippen LogP contribution in [0.1, 0.15) is 5.56 Å². The molecule has 19 heavy (non-hydrogen) atoms. The summed E-state index contributed by atoms with van der Waals surface area (Å²) in [5.74, 6) is -0.106. The number of rotatable bonds is 6. The molecule has 0 heterocycles. The van der Waals surface area contributed by atoms with Gasteiger partial charge in [-0.1, -0.05) is 30.3 Å². The molecular weight excluding hydrogens is 244 g/mol. The number of carboxylic acid groups (broad SMARTS) is 1. The third-order valence-electron chi connectivity index (χ3n) is 2.94. The summed E-state index contributed by atoms with van der Waals surface area (Å²) in [5, 5.41) is 10.7. The number of fused-ring (bicyclic) bond motifs is 1. The molecule has 0 aliphatic heterocycles. The lowest BCUT2D eigenvalue weighted by Gasteiger charge is -2.10. The van der Waals surface area contributed by atoms with E-state index in [4.69, 9.17) is 14.6 Å². The maximum atomic E-state index is 10.4. The van der Waals surface area contributed by atoms with Crippen LogP contribution < -0.4 is 4.74 Å². The van der Waals surface area contributed by atoms with Gasteiger partial charge in [-0.2, -0.15) is 0 Å². The van der Waals surface area contributed by atoms with Crippen molar-refractivity contribution in [2.75, 3.05) is 20.3 Å². The molecule has 2 rings (SSSR count). The maximum absolute atomic E-state index is 10.4. The van der Waals surface area contributed by atoms with E-state index in [0.29, 0.717) is 13.0 Å². The second-order valence-corrected chi connectivity index (χ2v) is 4.17. The molecule has 2 aromatic carbocycles. The summed E-state index contributed by atoms with van der Waals surface area (Å²) >= 11 is 0. The van der Waals surface area contributed by atoms with E-state index in [1.54, 1.807) is 7.11 Å². The van der Waals surface area contributed by atoms with Crippen LogP contribution in [0.3, 0.4) is 0 Å². The minimum atomic E-state index is -0.945. The Morgan fingerprint density at radius 1 is 1.16 bits per heavy atom. The predicted molar refractivity (Wildman–Crippen MR) is 72.7 cm³/mol. The fourth-order valence-electron chi connectivity index (χ4n) is 2.07. The molecule has 0 aromatic heterocycles. The Bertz CT molecular complexity index is 577. The van der Waals surface area contributed by atoms with E-state index >= 15 is 0 Å². The second-order valence-electron chi connectivity index (χ2n) is 4.17. The van der Waals surface area contributed by atoms with E-state index in [9.17, 15) is 4.79 Å². The van der Waals surface area contributed by atoms with E-state index in [-0.39, 0.29) is 6.61 Å². The van der Waals surface area contributed by atoms with Crippen LogP contribution in [-0.4, -0.2) is 31.4 Å². The summed E-state index contributed by atoms with van der Waals surface area (Å²) in [4.78, 5) is 10.4. The summed E-state index contributed by atoms with van der Waals surface area (Å²) < 4.78 is 10.4. The predicted octanol–water partition coefficient (Wildman–Crippen LogP) is 2.49. The zero-order chi connectivity index (χ0) is 13.7. The van der Waals surface area contributed by atoms with Gasteiger partial charge in [-0.15, -0.1) is 0 Å². The fourth-order valence-corrected chi connectivity index (χ4v) is 2.07. The summed E-state index contributed by atoms with van der Waals surface area (Å²) in [5.41, 5.74) is 1.13. The van der Waals surface area contributed by atoms with Gasteiger partial charge >= 0.3 is 5.97 Å². The fraction of sp³-hybridized carbons (Fsp3) is 0.267. The number of hydrogen-bond acceptors (Lipinski definition) is 3. The standard InChI is InChI=1S/C15H16O4/c1-18-14-7-6-11(8-9-19-10-15(16)17)12-4-2-3-5-13(12)14/h2-7H,8-10H2,1H3,(H,16,17). The number of ether oxygens (including phenoxy) is 2. The lowest BCUT2D eigenvalue weighted by atomic mass is 10.0. The number of hydrogen-bond donors (Lipinski definition) is 1. The van der Waals surface area contributed by atoms with Crippen LogP contribution in [0.2, 0.25) is 0 Å². The quantitative estimate of drug-likeness (QED) is 0.811. The number of aliphatic carboxylic acids is 1. The number of carboxylic acids is 1. The average molecular weight is 260 g/mol. The molecule has 0 aliphatic carbocycles. The normalized spacial score (nSPS) is 10.6. The molecule has 0 spiro atoms. The van der Waals surface area contributed by atoms with Crippen molar-refractivity contribution in [1.29, 1.82) is 0 Å². The molecule has 4 nitrogen and oxygen atoms in total. The molecule has 0 saturated carbocycles. The highest BCUT2D eigenvalue weighted by Gasteiger charge is 2.06. The maximum Gasteiger partial charge on any atom is 0.329 e. The van der Waals surface area contributed by atoms with Crippen LogP contribution in [0.15, 0.2) is 36.4 Å². The van der Waals surface area contributed by atoms with Crippen LogP contribution in [-0.2, 0) is 16.0 Å². The van der Waals surface area contributed by atoms with Gasteiger partial charge in [0.25, 0.3) is 0 Å². The average Bonchev–Trinajstić information content (AvgIpc) is 2.43. The van der Waals surface area contributed by atoms with Crippen molar-refractivity contribution < 1.29 is 19.4 Å². The monoisotopic (exact) mass is 260 g/mol. The largest absolute Gasteiger partial charge is 0.496 e. The molecule has 4 heteroatoms. The molecular formula is C15H16O4. The Morgan fingerprint density at radius 3 is 2.58 bits per heavy atom. The number of methoxy groups -OCH3 is 1. The van der Waals surface area contributed by atoms with Crippen LogP contribution in [0.5, 0.6) is 5.75 Å². The van der Waals surface area contributed by atoms with Gasteiger partial charge in [-0.25, -0.2) is 4.79 Å². The van der Waals surface area contributed by atoms with Gasteiger partial charge in [-0.3, -0.25) is 0 Å². The van der Waals surface area contributed by atoms with Gasteiger partial charge in [0.05, 0.1) is 13.7 Å². The molecule has 1 N–H and O–H groups in total. The summed E-state index contributed by atoms with van der Waals surface area (Å²) in [6.07, 6.45) is 0.678. The minimum Gasteiger partial charge on any atom is -0.496 e. The topological polar surface area (TPSA) is 55.8 Å². The van der Waals surface area contributed by atoms with Crippen LogP contribution in [0.4, 0.5) is 0 Å². The smallest absolute Gasteiger partial charge is 0.329 e. The van der Waals surface area contributed by atoms with Crippen molar-refractivity contribution in [1.82, 2.24) is 0 Å². The Balaban J connectivity index is 2.17. The number of carbonyl (C=O) groups is 1. The first-order chi connectivity index (χ1) is 9.22. The lowest BCUT2D eigenvalue weighted by Crippen LogP contribution is -2.09. The zero-order valence-electron chi connectivity index (χ0n) is 10.8. The molecule has 100 valence electrons. The Kier molecular flexibility index (Phi) is 4.36. The van der Waals surface area contributed by atoms with E-state index in [0.717, 1.165) is 22.1 Å². The molecule has 0 unspecified atom stereocenters. The van der Waals surface area contributed by atoms with Gasteiger partial charge in [-0.05, 0) is 23.4 Å². The highest BCUT2D eigenvalue weighted by molar-refractivity contribution is 5.91. The van der Waals surface area contributed by atoms with Gasteiger partial charge in [0.2, 0.25) is 0 Å². The minimum absolute atomic E-state index is 0.256. The molecule has 0 atom stereocenters. The van der Waals surface area contributed by atoms with Gasteiger partial charge in [0.1, 0.15) is 12.4 Å². The Hall–Kier alpha value is -2.07. The van der Waals surface area contributed by atoms with Crippen molar-refractivity contribution in [2.24, 2.45) is 0 Å². The third-order valence-corrected chi connectivity index (χ3v) is 2.94. The molecule has 0 amide bonds. The lowest BCUT2D eigenvalue weighted by molar-refractivity contribution is -0.142. The SMILES string of the molecule is COc1ccc(CCOCC(=O)O)c2ccccc12. The molecule has 2 aromatic rings. The highest BCUT2D eigenvalue weighted by atomic mass is 16.5. The molecule has 0 saturated heterocycles. The van der Waals surface area contributed by atoms with Crippen LogP contribution in [0, 0.1) is 0 Å². The van der Waals surface area contributed by atoms with Crippen molar-refractivity contribution in [3.63, 3.8) is 0 Å². The summed E-state index contributed by atoms with van der Waals surface area (Å²) in [7, 11) is 1.65. The van der Waals surface area contributed by atoms with Crippen molar-refractivity contribution in [3.05, 3.63) is 42.0 Å². The van der Waals surface area contributed by atoms with Crippen LogP contribution >= 0.6 is 0 Å². The van der Waals surface area contributed by atoms with E-state index in [1.165, 1.54) is 0 Å². The molecule has 0 bridgehead atoms. The summed E-state index contributed by atoms with van der Waals surface area (Å²) in [6, 6.07) is 11.9. The first-order valence-electron chi connectivity index (χ1n) is 6.06. The van der Waals surface area contributed by atoms with Crippen LogP contribution in [0.25, 0.3) is 10.8 Å². The second kappa shape index (κ2) is 6.20. The molecule has 0 aliphatic rings. The van der Waals surface area contributed by atoms with Crippen molar-refractivity contribution in [2.45, 2.75) is 6.42 Å². The van der Waals surface area contributed by atoms with Crippen molar-refractivity contribution >= 4 is 16.7 Å². The van der Waals surface area contributed by atoms with Gasteiger partial charge < -0.3 is 14.6 Å². The van der Waals surface area contributed by atoms with E-state index < -0.39 is 5.97 Å². The summed E-state index contributed by atoms with van der Waals surface area (Å²) in [6.45, 7) is 0.136.